The second-order valence-electron chi connectivity index (χ2n) is 5.34. The van der Waals surface area contributed by atoms with Crippen molar-refractivity contribution in [3.8, 4) is 11.8 Å². The number of nitrogens with zero attached hydrogens (tertiary/aromatic N) is 3. The second kappa shape index (κ2) is 6.44. The van der Waals surface area contributed by atoms with Crippen LogP contribution in [-0.4, -0.2) is 16.4 Å². The molecule has 0 saturated carbocycles. The first-order chi connectivity index (χ1) is 10.4. The van der Waals surface area contributed by atoms with Gasteiger partial charge in [0.15, 0.2) is 0 Å². The summed E-state index contributed by atoms with van der Waals surface area (Å²) >= 11 is 0. The normalized spacial score (nSPS) is 10.3. The van der Waals surface area contributed by atoms with E-state index >= 15 is 0 Å². The highest BCUT2D eigenvalue weighted by Gasteiger charge is 2.11. The van der Waals surface area contributed by atoms with E-state index < -0.39 is 0 Å². The van der Waals surface area contributed by atoms with Crippen LogP contribution >= 0.6 is 0 Å². The smallest absolute Gasteiger partial charge is 0.285 e. The van der Waals surface area contributed by atoms with Crippen LogP contribution in [0.1, 0.15) is 27.9 Å². The zero-order chi connectivity index (χ0) is 16.3. The molecule has 5 heteroatoms. The van der Waals surface area contributed by atoms with Crippen LogP contribution in [-0.2, 0) is 6.54 Å². The molecule has 22 heavy (non-hydrogen) atoms. The Morgan fingerprint density at radius 1 is 1.27 bits per heavy atom. The summed E-state index contributed by atoms with van der Waals surface area (Å²) < 4.78 is 7.04. The summed E-state index contributed by atoms with van der Waals surface area (Å²) in [5, 5.41) is 13.3. The van der Waals surface area contributed by atoms with Gasteiger partial charge in [-0.15, -0.1) is 0 Å². The fourth-order valence-corrected chi connectivity index (χ4v) is 2.16. The molecule has 2 rings (SSSR count). The van der Waals surface area contributed by atoms with Crippen molar-refractivity contribution in [3.05, 3.63) is 56.5 Å². The first-order valence-corrected chi connectivity index (χ1v) is 7.12. The third kappa shape index (κ3) is 3.17. The lowest BCUT2D eigenvalue weighted by Crippen LogP contribution is -2.29. The fraction of sp³-hybridized carbons (Fsp3) is 0.353. The maximum atomic E-state index is 12.2. The molecular formula is C17H19N3O2. The average molecular weight is 297 g/mol. The first kappa shape index (κ1) is 15.8. The Balaban J connectivity index is 2.16. The van der Waals surface area contributed by atoms with Crippen molar-refractivity contribution in [2.45, 2.75) is 34.2 Å². The zero-order valence-corrected chi connectivity index (χ0v) is 13.3. The minimum absolute atomic E-state index is 0.152. The largest absolute Gasteiger partial charge is 0.491 e. The van der Waals surface area contributed by atoms with E-state index in [2.05, 4.69) is 5.10 Å². The van der Waals surface area contributed by atoms with Crippen LogP contribution in [0.3, 0.4) is 0 Å². The van der Waals surface area contributed by atoms with Gasteiger partial charge >= 0.3 is 0 Å². The Morgan fingerprint density at radius 2 is 2.00 bits per heavy atom. The molecule has 2 aromatic rings. The molecule has 0 saturated heterocycles. The lowest BCUT2D eigenvalue weighted by atomic mass is 10.1. The number of aryl methyl sites for hydroxylation is 3. The van der Waals surface area contributed by atoms with Crippen molar-refractivity contribution in [1.29, 1.82) is 5.26 Å². The van der Waals surface area contributed by atoms with Crippen LogP contribution in [0.5, 0.6) is 5.75 Å². The van der Waals surface area contributed by atoms with Crippen molar-refractivity contribution in [2.75, 3.05) is 6.61 Å². The minimum atomic E-state index is -0.366. The minimum Gasteiger partial charge on any atom is -0.491 e. The van der Waals surface area contributed by atoms with Gasteiger partial charge in [-0.3, -0.25) is 4.79 Å². The summed E-state index contributed by atoms with van der Waals surface area (Å²) in [5.41, 5.74) is 3.27. The molecule has 0 spiro atoms. The Morgan fingerprint density at radius 3 is 2.68 bits per heavy atom. The van der Waals surface area contributed by atoms with E-state index in [1.54, 1.807) is 13.8 Å². The molecular weight excluding hydrogens is 278 g/mol. The molecule has 0 fully saturated rings. The lowest BCUT2D eigenvalue weighted by molar-refractivity contribution is 0.285. The zero-order valence-electron chi connectivity index (χ0n) is 13.3. The van der Waals surface area contributed by atoms with E-state index in [4.69, 9.17) is 10.00 Å². The summed E-state index contributed by atoms with van der Waals surface area (Å²) in [6.45, 7) is 8.13. The van der Waals surface area contributed by atoms with Gasteiger partial charge in [0, 0.05) is 0 Å². The van der Waals surface area contributed by atoms with E-state index in [-0.39, 0.29) is 11.1 Å². The topological polar surface area (TPSA) is 67.9 Å². The maximum Gasteiger partial charge on any atom is 0.285 e. The predicted molar refractivity (Wildman–Crippen MR) is 84.1 cm³/mol. The van der Waals surface area contributed by atoms with Gasteiger partial charge in [-0.05, 0) is 50.5 Å². The first-order valence-electron chi connectivity index (χ1n) is 7.12. The van der Waals surface area contributed by atoms with E-state index in [1.807, 2.05) is 38.1 Å². The summed E-state index contributed by atoms with van der Waals surface area (Å²) in [7, 11) is 0. The number of rotatable bonds is 4. The third-order valence-corrected chi connectivity index (χ3v) is 3.65. The monoisotopic (exact) mass is 297 g/mol. The van der Waals surface area contributed by atoms with Crippen molar-refractivity contribution >= 4 is 0 Å². The van der Waals surface area contributed by atoms with Crippen LogP contribution in [0, 0.1) is 39.0 Å². The van der Waals surface area contributed by atoms with Gasteiger partial charge in [0.25, 0.3) is 5.56 Å². The number of hydrogen-bond donors (Lipinski definition) is 0. The molecule has 0 aliphatic carbocycles. The predicted octanol–water partition coefficient (Wildman–Crippen LogP) is 2.43. The molecule has 1 heterocycles. The molecule has 1 aromatic heterocycles. The number of benzene rings is 1. The maximum absolute atomic E-state index is 12.2. The van der Waals surface area contributed by atoms with Crippen LogP contribution in [0.25, 0.3) is 0 Å². The van der Waals surface area contributed by atoms with Gasteiger partial charge in [0.1, 0.15) is 24.0 Å². The molecule has 0 unspecified atom stereocenters. The Hall–Kier alpha value is -2.61. The van der Waals surface area contributed by atoms with Crippen LogP contribution in [0.15, 0.2) is 23.0 Å². The Kier molecular flexibility index (Phi) is 4.62. The van der Waals surface area contributed by atoms with Gasteiger partial charge in [-0.25, -0.2) is 4.68 Å². The van der Waals surface area contributed by atoms with Gasteiger partial charge < -0.3 is 4.74 Å². The van der Waals surface area contributed by atoms with E-state index in [9.17, 15) is 4.79 Å². The van der Waals surface area contributed by atoms with Crippen LogP contribution < -0.4 is 10.3 Å². The number of aromatic nitrogens is 2. The third-order valence-electron chi connectivity index (χ3n) is 3.65. The molecule has 114 valence electrons. The summed E-state index contributed by atoms with van der Waals surface area (Å²) in [5.74, 6) is 0.803. The molecule has 0 aliphatic heterocycles. The molecule has 0 radical (unpaired) electrons. The van der Waals surface area contributed by atoms with Crippen molar-refractivity contribution in [3.63, 3.8) is 0 Å². The molecule has 1 aromatic carbocycles. The second-order valence-corrected chi connectivity index (χ2v) is 5.34. The van der Waals surface area contributed by atoms with Gasteiger partial charge in [-0.1, -0.05) is 12.1 Å². The number of ether oxygens (including phenoxy) is 1. The standard InChI is InChI=1S/C17H19N3O2/c1-11-5-6-12(2)16(9-11)22-8-7-20-17(21)15(10-18)13(3)14(4)19-20/h5-6,9H,7-8H2,1-4H3. The molecule has 0 aliphatic rings. The van der Waals surface area contributed by atoms with Gasteiger partial charge in [-0.2, -0.15) is 10.4 Å². The molecule has 5 nitrogen and oxygen atoms in total. The van der Waals surface area contributed by atoms with Crippen molar-refractivity contribution < 1.29 is 4.74 Å². The van der Waals surface area contributed by atoms with E-state index in [1.165, 1.54) is 4.68 Å². The molecule has 0 atom stereocenters. The molecule has 0 N–H and O–H groups in total. The summed E-state index contributed by atoms with van der Waals surface area (Å²) in [6.07, 6.45) is 0. The molecule has 0 amide bonds. The van der Waals surface area contributed by atoms with Crippen LogP contribution in [0.2, 0.25) is 0 Å². The average Bonchev–Trinajstić information content (AvgIpc) is 2.48. The lowest BCUT2D eigenvalue weighted by Gasteiger charge is -2.12. The highest BCUT2D eigenvalue weighted by molar-refractivity contribution is 5.37. The SMILES string of the molecule is Cc1ccc(C)c(OCCn2nc(C)c(C)c(C#N)c2=O)c1. The van der Waals surface area contributed by atoms with Crippen molar-refractivity contribution in [1.82, 2.24) is 9.78 Å². The number of nitriles is 1. The van der Waals surface area contributed by atoms with E-state index in [0.717, 1.165) is 16.9 Å². The highest BCUT2D eigenvalue weighted by atomic mass is 16.5. The van der Waals surface area contributed by atoms with E-state index in [0.29, 0.717) is 24.4 Å². The van der Waals surface area contributed by atoms with Crippen molar-refractivity contribution in [2.24, 2.45) is 0 Å². The molecule has 0 bridgehead atoms. The highest BCUT2D eigenvalue weighted by Crippen LogP contribution is 2.18. The van der Waals surface area contributed by atoms with Gasteiger partial charge in [0.2, 0.25) is 0 Å². The Labute approximate surface area is 129 Å². The summed E-state index contributed by atoms with van der Waals surface area (Å²) in [6, 6.07) is 7.94. The fourth-order valence-electron chi connectivity index (χ4n) is 2.16. The summed E-state index contributed by atoms with van der Waals surface area (Å²) in [4.78, 5) is 12.2. The quantitative estimate of drug-likeness (QED) is 0.869. The van der Waals surface area contributed by atoms with Gasteiger partial charge in [0.05, 0.1) is 12.2 Å². The number of hydrogen-bond acceptors (Lipinski definition) is 4. The Bertz CT molecular complexity index is 801. The van der Waals surface area contributed by atoms with Crippen LogP contribution in [0.4, 0.5) is 0 Å².